The molecule has 0 bridgehead atoms. The monoisotopic (exact) mass is 297 g/mol. The molecule has 1 saturated carbocycles. The molecule has 0 heterocycles. The molecule has 0 amide bonds. The van der Waals surface area contributed by atoms with Crippen LogP contribution in [0.2, 0.25) is 0 Å². The molecule has 3 heteroatoms. The fraction of sp³-hybridized carbons (Fsp3) is 0.571. The molecule has 1 aliphatic rings. The average molecular weight is 298 g/mol. The predicted molar refractivity (Wildman–Crippen MR) is 74.2 cm³/mol. The molecule has 0 radical (unpaired) electrons. The van der Waals surface area contributed by atoms with Crippen molar-refractivity contribution < 1.29 is 4.74 Å². The second-order valence-corrected chi connectivity index (χ2v) is 5.66. The van der Waals surface area contributed by atoms with Crippen LogP contribution in [-0.4, -0.2) is 12.6 Å². The lowest BCUT2D eigenvalue weighted by molar-refractivity contribution is 0.129. The maximum Gasteiger partial charge on any atom is 0.120 e. The van der Waals surface area contributed by atoms with E-state index in [-0.39, 0.29) is 6.10 Å². The van der Waals surface area contributed by atoms with Gasteiger partial charge in [-0.3, -0.25) is 0 Å². The van der Waals surface area contributed by atoms with Crippen LogP contribution in [0.5, 0.6) is 5.75 Å². The van der Waals surface area contributed by atoms with Crippen molar-refractivity contribution >= 4 is 15.9 Å². The molecule has 0 aliphatic heterocycles. The molecule has 1 aliphatic carbocycles. The van der Waals surface area contributed by atoms with E-state index in [9.17, 15) is 0 Å². The molecule has 1 aromatic carbocycles. The highest BCUT2D eigenvalue weighted by atomic mass is 79.9. The van der Waals surface area contributed by atoms with E-state index in [1.54, 1.807) is 0 Å². The highest BCUT2D eigenvalue weighted by Crippen LogP contribution is 2.28. The standard InChI is InChI=1S/C14H20BrNO/c15-12-6-4-7-13(9-12)17-14-8-3-1-2-5-11(14)10-16/h4,6-7,9,11,14H,1-3,5,8,10,16H2. The first kappa shape index (κ1) is 12.9. The van der Waals surface area contributed by atoms with Gasteiger partial charge in [0.25, 0.3) is 0 Å². The third-order valence-electron chi connectivity index (χ3n) is 3.48. The molecular formula is C14H20BrNO. The number of hydrogen-bond acceptors (Lipinski definition) is 2. The van der Waals surface area contributed by atoms with Gasteiger partial charge in [-0.1, -0.05) is 34.8 Å². The molecule has 94 valence electrons. The number of halogens is 1. The van der Waals surface area contributed by atoms with E-state index in [1.807, 2.05) is 24.3 Å². The zero-order valence-corrected chi connectivity index (χ0v) is 11.7. The van der Waals surface area contributed by atoms with Gasteiger partial charge in [0.2, 0.25) is 0 Å². The molecule has 2 unspecified atom stereocenters. The lowest BCUT2D eigenvalue weighted by Gasteiger charge is -2.25. The van der Waals surface area contributed by atoms with Crippen molar-refractivity contribution in [3.63, 3.8) is 0 Å². The Morgan fingerprint density at radius 3 is 2.82 bits per heavy atom. The highest BCUT2D eigenvalue weighted by Gasteiger charge is 2.24. The molecular weight excluding hydrogens is 278 g/mol. The van der Waals surface area contributed by atoms with Crippen molar-refractivity contribution in [3.05, 3.63) is 28.7 Å². The summed E-state index contributed by atoms with van der Waals surface area (Å²) in [4.78, 5) is 0. The zero-order chi connectivity index (χ0) is 12.1. The van der Waals surface area contributed by atoms with Gasteiger partial charge in [-0.05, 0) is 44.0 Å². The van der Waals surface area contributed by atoms with Crippen molar-refractivity contribution in [2.75, 3.05) is 6.54 Å². The van der Waals surface area contributed by atoms with Crippen molar-refractivity contribution in [2.45, 2.75) is 38.2 Å². The summed E-state index contributed by atoms with van der Waals surface area (Å²) in [5.41, 5.74) is 5.86. The molecule has 2 N–H and O–H groups in total. The number of rotatable bonds is 3. The van der Waals surface area contributed by atoms with Gasteiger partial charge in [-0.15, -0.1) is 0 Å². The Balaban J connectivity index is 2.04. The summed E-state index contributed by atoms with van der Waals surface area (Å²) in [5, 5.41) is 0. The SMILES string of the molecule is NCC1CCCCCC1Oc1cccc(Br)c1. The van der Waals surface area contributed by atoms with Gasteiger partial charge in [-0.2, -0.15) is 0 Å². The van der Waals surface area contributed by atoms with Crippen LogP contribution < -0.4 is 10.5 Å². The molecule has 17 heavy (non-hydrogen) atoms. The molecule has 2 atom stereocenters. The van der Waals surface area contributed by atoms with Crippen LogP contribution in [0.4, 0.5) is 0 Å². The summed E-state index contributed by atoms with van der Waals surface area (Å²) in [5.74, 6) is 1.46. The minimum atomic E-state index is 0.289. The molecule has 1 aromatic rings. The van der Waals surface area contributed by atoms with E-state index in [0.717, 1.165) is 23.2 Å². The first-order chi connectivity index (χ1) is 8.29. The Bertz CT molecular complexity index is 356. The fourth-order valence-electron chi connectivity index (χ4n) is 2.49. The summed E-state index contributed by atoms with van der Waals surface area (Å²) in [6, 6.07) is 8.07. The maximum atomic E-state index is 6.11. The Labute approximate surface area is 112 Å². The lowest BCUT2D eigenvalue weighted by Crippen LogP contribution is -2.31. The normalized spacial score (nSPS) is 25.3. The van der Waals surface area contributed by atoms with E-state index in [4.69, 9.17) is 10.5 Å². The molecule has 2 rings (SSSR count). The van der Waals surface area contributed by atoms with Crippen molar-refractivity contribution in [2.24, 2.45) is 11.7 Å². The van der Waals surface area contributed by atoms with E-state index < -0.39 is 0 Å². The minimum Gasteiger partial charge on any atom is -0.490 e. The Kier molecular flexibility index (Phi) is 4.86. The molecule has 2 nitrogen and oxygen atoms in total. The first-order valence-electron chi connectivity index (χ1n) is 6.42. The largest absolute Gasteiger partial charge is 0.490 e. The van der Waals surface area contributed by atoms with Crippen LogP contribution in [0.25, 0.3) is 0 Å². The molecule has 0 aromatic heterocycles. The van der Waals surface area contributed by atoms with Crippen LogP contribution in [-0.2, 0) is 0 Å². The van der Waals surface area contributed by atoms with Gasteiger partial charge in [-0.25, -0.2) is 0 Å². The quantitative estimate of drug-likeness (QED) is 0.863. The Morgan fingerprint density at radius 1 is 1.24 bits per heavy atom. The van der Waals surface area contributed by atoms with Gasteiger partial charge in [0, 0.05) is 10.4 Å². The van der Waals surface area contributed by atoms with Gasteiger partial charge in [0.15, 0.2) is 0 Å². The van der Waals surface area contributed by atoms with Gasteiger partial charge < -0.3 is 10.5 Å². The fourth-order valence-corrected chi connectivity index (χ4v) is 2.87. The Hall–Kier alpha value is -0.540. The molecule has 0 spiro atoms. The number of ether oxygens (including phenoxy) is 1. The van der Waals surface area contributed by atoms with Crippen molar-refractivity contribution in [3.8, 4) is 5.75 Å². The van der Waals surface area contributed by atoms with Crippen LogP contribution >= 0.6 is 15.9 Å². The summed E-state index contributed by atoms with van der Waals surface area (Å²) < 4.78 is 7.17. The summed E-state index contributed by atoms with van der Waals surface area (Å²) >= 11 is 3.47. The third-order valence-corrected chi connectivity index (χ3v) is 3.97. The van der Waals surface area contributed by atoms with E-state index in [1.165, 1.54) is 25.7 Å². The average Bonchev–Trinajstić information content (AvgIpc) is 2.54. The molecule has 1 fully saturated rings. The lowest BCUT2D eigenvalue weighted by atomic mass is 9.97. The summed E-state index contributed by atoms with van der Waals surface area (Å²) in [6.07, 6.45) is 6.49. The Morgan fingerprint density at radius 2 is 2.06 bits per heavy atom. The van der Waals surface area contributed by atoms with Gasteiger partial charge >= 0.3 is 0 Å². The second kappa shape index (κ2) is 6.41. The first-order valence-corrected chi connectivity index (χ1v) is 7.21. The van der Waals surface area contributed by atoms with Crippen LogP contribution in [0.3, 0.4) is 0 Å². The van der Waals surface area contributed by atoms with E-state index in [2.05, 4.69) is 15.9 Å². The van der Waals surface area contributed by atoms with Crippen molar-refractivity contribution in [1.29, 1.82) is 0 Å². The molecule has 0 saturated heterocycles. The number of benzene rings is 1. The van der Waals surface area contributed by atoms with Crippen molar-refractivity contribution in [1.82, 2.24) is 0 Å². The van der Waals surface area contributed by atoms with Crippen LogP contribution in [0.15, 0.2) is 28.7 Å². The summed E-state index contributed by atoms with van der Waals surface area (Å²) in [6.45, 7) is 0.735. The minimum absolute atomic E-state index is 0.289. The topological polar surface area (TPSA) is 35.2 Å². The summed E-state index contributed by atoms with van der Waals surface area (Å²) in [7, 11) is 0. The third kappa shape index (κ3) is 3.71. The van der Waals surface area contributed by atoms with Crippen LogP contribution in [0.1, 0.15) is 32.1 Å². The predicted octanol–water partition coefficient (Wildman–Crippen LogP) is 3.74. The van der Waals surface area contributed by atoms with E-state index in [0.29, 0.717) is 5.92 Å². The zero-order valence-electron chi connectivity index (χ0n) is 10.1. The number of hydrogen-bond donors (Lipinski definition) is 1. The second-order valence-electron chi connectivity index (χ2n) is 4.75. The van der Waals surface area contributed by atoms with Gasteiger partial charge in [0.05, 0.1) is 0 Å². The van der Waals surface area contributed by atoms with Gasteiger partial charge in [0.1, 0.15) is 11.9 Å². The highest BCUT2D eigenvalue weighted by molar-refractivity contribution is 9.10. The van der Waals surface area contributed by atoms with E-state index >= 15 is 0 Å². The maximum absolute atomic E-state index is 6.11. The van der Waals surface area contributed by atoms with Crippen LogP contribution in [0, 0.1) is 5.92 Å². The smallest absolute Gasteiger partial charge is 0.120 e. The number of nitrogens with two attached hydrogens (primary N) is 1.